The maximum Gasteiger partial charge on any atom is 0.251 e. The van der Waals surface area contributed by atoms with Crippen LogP contribution in [0.5, 0.6) is 0 Å². The van der Waals surface area contributed by atoms with E-state index in [-0.39, 0.29) is 24.4 Å². The minimum Gasteiger partial charge on any atom is -0.379 e. The zero-order valence-electron chi connectivity index (χ0n) is 13.4. The van der Waals surface area contributed by atoms with Gasteiger partial charge in [0.2, 0.25) is 0 Å². The predicted molar refractivity (Wildman–Crippen MR) is 84.2 cm³/mol. The summed E-state index contributed by atoms with van der Waals surface area (Å²) in [5, 5.41) is 0. The number of nitrogens with zero attached hydrogens (tertiary/aromatic N) is 1. The van der Waals surface area contributed by atoms with Gasteiger partial charge in [0.05, 0.1) is 13.2 Å². The second-order valence-electron chi connectivity index (χ2n) is 5.17. The second-order valence-corrected chi connectivity index (χ2v) is 5.17. The average molecular weight is 311 g/mol. The number of amides is 1. The van der Waals surface area contributed by atoms with Gasteiger partial charge < -0.3 is 20.1 Å². The molecule has 2 N–H and O–H groups in total. The van der Waals surface area contributed by atoms with Gasteiger partial charge >= 0.3 is 0 Å². The van der Waals surface area contributed by atoms with Crippen LogP contribution in [0.4, 0.5) is 0 Å². The standard InChI is InChI=1S/C14H30N2O3.ClH/c1-6-18-9-10-19-12(4)14(17)16(5)8-7-13(15)11(2)3;/h11-13H,6-10,15H2,1-5H3;1H. The van der Waals surface area contributed by atoms with Crippen LogP contribution in [0, 0.1) is 5.92 Å². The summed E-state index contributed by atoms with van der Waals surface area (Å²) in [7, 11) is 1.79. The SMILES string of the molecule is CCOCCOC(C)C(=O)N(C)CCC(N)C(C)C.Cl. The number of carbonyl (C=O) groups excluding carboxylic acids is 1. The Kier molecular flexibility index (Phi) is 13.6. The molecule has 0 bridgehead atoms. The molecule has 0 aliphatic rings. The molecule has 6 heteroatoms. The van der Waals surface area contributed by atoms with Gasteiger partial charge in [-0.3, -0.25) is 4.79 Å². The fraction of sp³-hybridized carbons (Fsp3) is 0.929. The van der Waals surface area contributed by atoms with E-state index < -0.39 is 6.10 Å². The molecule has 0 saturated carbocycles. The zero-order chi connectivity index (χ0) is 14.8. The third-order valence-corrected chi connectivity index (χ3v) is 3.18. The Hall–Kier alpha value is -0.360. The van der Waals surface area contributed by atoms with E-state index in [1.54, 1.807) is 18.9 Å². The fourth-order valence-electron chi connectivity index (χ4n) is 1.60. The van der Waals surface area contributed by atoms with Crippen LogP contribution in [0.3, 0.4) is 0 Å². The molecular weight excluding hydrogens is 280 g/mol. The highest BCUT2D eigenvalue weighted by Crippen LogP contribution is 2.05. The highest BCUT2D eigenvalue weighted by molar-refractivity contribution is 5.85. The molecule has 0 aromatic carbocycles. The molecule has 1 amide bonds. The van der Waals surface area contributed by atoms with Crippen LogP contribution in [-0.4, -0.2) is 56.4 Å². The van der Waals surface area contributed by atoms with E-state index in [2.05, 4.69) is 13.8 Å². The van der Waals surface area contributed by atoms with Crippen molar-refractivity contribution in [1.29, 1.82) is 0 Å². The maximum absolute atomic E-state index is 12.0. The first-order valence-corrected chi connectivity index (χ1v) is 7.10. The van der Waals surface area contributed by atoms with Crippen LogP contribution in [0.2, 0.25) is 0 Å². The molecule has 0 spiro atoms. The molecule has 20 heavy (non-hydrogen) atoms. The van der Waals surface area contributed by atoms with Crippen LogP contribution in [0.1, 0.15) is 34.1 Å². The molecule has 0 radical (unpaired) electrons. The van der Waals surface area contributed by atoms with Gasteiger partial charge in [-0.25, -0.2) is 0 Å². The van der Waals surface area contributed by atoms with Gasteiger partial charge in [-0.2, -0.15) is 0 Å². The zero-order valence-corrected chi connectivity index (χ0v) is 14.2. The first-order valence-electron chi connectivity index (χ1n) is 7.10. The van der Waals surface area contributed by atoms with E-state index in [9.17, 15) is 4.79 Å². The average Bonchev–Trinajstić information content (AvgIpc) is 2.39. The minimum atomic E-state index is -0.430. The van der Waals surface area contributed by atoms with E-state index in [0.29, 0.717) is 32.3 Å². The van der Waals surface area contributed by atoms with Crippen molar-refractivity contribution >= 4 is 18.3 Å². The lowest BCUT2D eigenvalue weighted by molar-refractivity contribution is -0.142. The summed E-state index contributed by atoms with van der Waals surface area (Å²) in [6.45, 7) is 10.2. The van der Waals surface area contributed by atoms with Crippen molar-refractivity contribution < 1.29 is 14.3 Å². The van der Waals surface area contributed by atoms with Gasteiger partial charge in [0, 0.05) is 26.2 Å². The molecule has 0 aliphatic heterocycles. The first kappa shape index (κ1) is 21.9. The molecule has 0 aromatic heterocycles. The van der Waals surface area contributed by atoms with Gasteiger partial charge in [-0.05, 0) is 26.2 Å². The molecule has 0 saturated heterocycles. The number of ether oxygens (including phenoxy) is 2. The van der Waals surface area contributed by atoms with Crippen molar-refractivity contribution in [2.75, 3.05) is 33.4 Å². The van der Waals surface area contributed by atoms with E-state index in [1.807, 2.05) is 6.92 Å². The Balaban J connectivity index is 0. The molecular formula is C14H31ClN2O3. The van der Waals surface area contributed by atoms with E-state index >= 15 is 0 Å². The molecule has 0 aliphatic carbocycles. The second kappa shape index (κ2) is 12.4. The lowest BCUT2D eigenvalue weighted by Crippen LogP contribution is -2.40. The highest BCUT2D eigenvalue weighted by Gasteiger charge is 2.18. The van der Waals surface area contributed by atoms with Crippen LogP contribution in [-0.2, 0) is 14.3 Å². The van der Waals surface area contributed by atoms with Gasteiger partial charge in [-0.15, -0.1) is 12.4 Å². The monoisotopic (exact) mass is 310 g/mol. The molecule has 2 atom stereocenters. The van der Waals surface area contributed by atoms with E-state index in [4.69, 9.17) is 15.2 Å². The number of likely N-dealkylation sites (N-methyl/N-ethyl adjacent to an activating group) is 1. The maximum atomic E-state index is 12.0. The number of halogens is 1. The lowest BCUT2D eigenvalue weighted by Gasteiger charge is -2.24. The van der Waals surface area contributed by atoms with Gasteiger partial charge in [0.15, 0.2) is 0 Å². The molecule has 0 aromatic rings. The summed E-state index contributed by atoms with van der Waals surface area (Å²) in [5.41, 5.74) is 5.97. The summed E-state index contributed by atoms with van der Waals surface area (Å²) >= 11 is 0. The Bertz CT molecular complexity index is 253. The normalized spacial score (nSPS) is 13.8. The summed E-state index contributed by atoms with van der Waals surface area (Å²) in [5.74, 6) is 0.427. The third kappa shape index (κ3) is 9.53. The lowest BCUT2D eigenvalue weighted by atomic mass is 10.0. The summed E-state index contributed by atoms with van der Waals surface area (Å²) in [4.78, 5) is 13.7. The van der Waals surface area contributed by atoms with Crippen LogP contribution >= 0.6 is 12.4 Å². The van der Waals surface area contributed by atoms with Crippen molar-refractivity contribution in [3.8, 4) is 0 Å². The van der Waals surface area contributed by atoms with Crippen LogP contribution < -0.4 is 5.73 Å². The topological polar surface area (TPSA) is 64.8 Å². The van der Waals surface area contributed by atoms with Crippen molar-refractivity contribution in [2.24, 2.45) is 11.7 Å². The molecule has 0 rings (SSSR count). The Morgan fingerprint density at radius 2 is 1.85 bits per heavy atom. The van der Waals surface area contributed by atoms with Gasteiger partial charge in [0.1, 0.15) is 6.10 Å². The number of hydrogen-bond acceptors (Lipinski definition) is 4. The summed E-state index contributed by atoms with van der Waals surface area (Å²) < 4.78 is 10.6. The first-order chi connectivity index (χ1) is 8.90. The Labute approximate surface area is 129 Å². The smallest absolute Gasteiger partial charge is 0.251 e. The Morgan fingerprint density at radius 3 is 2.35 bits per heavy atom. The van der Waals surface area contributed by atoms with Gasteiger partial charge in [-0.1, -0.05) is 13.8 Å². The molecule has 5 nitrogen and oxygen atoms in total. The highest BCUT2D eigenvalue weighted by atomic mass is 35.5. The number of carbonyl (C=O) groups is 1. The fourth-order valence-corrected chi connectivity index (χ4v) is 1.60. The number of rotatable bonds is 10. The molecule has 2 unspecified atom stereocenters. The Morgan fingerprint density at radius 1 is 1.25 bits per heavy atom. The van der Waals surface area contributed by atoms with E-state index in [0.717, 1.165) is 6.42 Å². The van der Waals surface area contributed by atoms with Crippen LogP contribution in [0.25, 0.3) is 0 Å². The predicted octanol–water partition coefficient (Wildman–Crippen LogP) is 1.68. The third-order valence-electron chi connectivity index (χ3n) is 3.18. The largest absolute Gasteiger partial charge is 0.379 e. The molecule has 122 valence electrons. The van der Waals surface area contributed by atoms with E-state index in [1.165, 1.54) is 0 Å². The van der Waals surface area contributed by atoms with Crippen molar-refractivity contribution in [1.82, 2.24) is 4.90 Å². The molecule has 0 fully saturated rings. The van der Waals surface area contributed by atoms with Crippen molar-refractivity contribution in [3.63, 3.8) is 0 Å². The van der Waals surface area contributed by atoms with Crippen molar-refractivity contribution in [2.45, 2.75) is 46.3 Å². The van der Waals surface area contributed by atoms with Crippen molar-refractivity contribution in [3.05, 3.63) is 0 Å². The summed E-state index contributed by atoms with van der Waals surface area (Å²) in [6, 6.07) is 0.129. The quantitative estimate of drug-likeness (QED) is 0.624. The number of hydrogen-bond donors (Lipinski definition) is 1. The van der Waals surface area contributed by atoms with Gasteiger partial charge in [0.25, 0.3) is 5.91 Å². The molecule has 0 heterocycles. The summed E-state index contributed by atoms with van der Waals surface area (Å²) in [6.07, 6.45) is 0.381. The minimum absolute atomic E-state index is 0. The van der Waals surface area contributed by atoms with Crippen LogP contribution in [0.15, 0.2) is 0 Å². The number of nitrogens with two attached hydrogens (primary N) is 1.